The second kappa shape index (κ2) is 5.35. The molecule has 1 heterocycles. The summed E-state index contributed by atoms with van der Waals surface area (Å²) in [4.78, 5) is 4.33. The molecule has 0 bridgehead atoms. The van der Waals surface area contributed by atoms with Crippen LogP contribution in [0.15, 0.2) is 53.1 Å². The maximum atomic E-state index is 9.24. The highest BCUT2D eigenvalue weighted by Gasteiger charge is 2.11. The van der Waals surface area contributed by atoms with E-state index >= 15 is 0 Å². The lowest BCUT2D eigenvalue weighted by Gasteiger charge is -1.97. The first kappa shape index (κ1) is 12.7. The fourth-order valence-electron chi connectivity index (χ4n) is 1.87. The molecule has 0 fully saturated rings. The van der Waals surface area contributed by atoms with Gasteiger partial charge in [-0.1, -0.05) is 41.0 Å². The molecule has 1 N–H and O–H groups in total. The smallest absolute Gasteiger partial charge is 0.231 e. The van der Waals surface area contributed by atoms with E-state index in [1.165, 1.54) is 0 Å². The van der Waals surface area contributed by atoms with Crippen molar-refractivity contribution in [3.63, 3.8) is 0 Å². The summed E-state index contributed by atoms with van der Waals surface area (Å²) in [5, 5.41) is 13.8. The van der Waals surface area contributed by atoms with E-state index in [4.69, 9.17) is 16.1 Å². The topological polar surface area (TPSA) is 59.2 Å². The summed E-state index contributed by atoms with van der Waals surface area (Å²) in [6.45, 7) is 0. The molecule has 3 rings (SSSR count). The van der Waals surface area contributed by atoms with Crippen LogP contribution in [0.1, 0.15) is 11.5 Å². The molecule has 3 aromatic rings. The van der Waals surface area contributed by atoms with Gasteiger partial charge >= 0.3 is 0 Å². The number of aromatic hydroxyl groups is 1. The Morgan fingerprint density at radius 2 is 1.80 bits per heavy atom. The van der Waals surface area contributed by atoms with Gasteiger partial charge in [-0.3, -0.25) is 0 Å². The van der Waals surface area contributed by atoms with Crippen molar-refractivity contribution >= 4 is 11.6 Å². The molecule has 0 radical (unpaired) electrons. The van der Waals surface area contributed by atoms with Crippen LogP contribution >= 0.6 is 11.6 Å². The van der Waals surface area contributed by atoms with Crippen molar-refractivity contribution in [3.8, 4) is 17.1 Å². The van der Waals surface area contributed by atoms with Crippen LogP contribution in [0.5, 0.6) is 5.75 Å². The van der Waals surface area contributed by atoms with Crippen LogP contribution < -0.4 is 0 Å². The highest BCUT2D eigenvalue weighted by Crippen LogP contribution is 2.25. The zero-order chi connectivity index (χ0) is 13.9. The molecule has 0 aliphatic rings. The second-order valence-corrected chi connectivity index (χ2v) is 4.74. The summed E-state index contributed by atoms with van der Waals surface area (Å²) in [5.74, 6) is 1.21. The Kier molecular flexibility index (Phi) is 3.39. The molecule has 0 saturated heterocycles. The zero-order valence-electron chi connectivity index (χ0n) is 10.5. The zero-order valence-corrected chi connectivity index (χ0v) is 11.2. The predicted octanol–water partition coefficient (Wildman–Crippen LogP) is 3.69. The number of phenolic OH excluding ortho intramolecular Hbond substituents is 1. The lowest BCUT2D eigenvalue weighted by Crippen LogP contribution is -1.88. The third-order valence-electron chi connectivity index (χ3n) is 2.87. The molecule has 0 saturated carbocycles. The van der Waals surface area contributed by atoms with E-state index in [1.54, 1.807) is 18.2 Å². The van der Waals surface area contributed by atoms with Crippen molar-refractivity contribution in [1.82, 2.24) is 10.1 Å². The summed E-state index contributed by atoms with van der Waals surface area (Å²) < 4.78 is 5.23. The van der Waals surface area contributed by atoms with Gasteiger partial charge in [-0.25, -0.2) is 0 Å². The van der Waals surface area contributed by atoms with Crippen molar-refractivity contribution in [1.29, 1.82) is 0 Å². The summed E-state index contributed by atoms with van der Waals surface area (Å²) in [6.07, 6.45) is 0.512. The Morgan fingerprint density at radius 3 is 2.55 bits per heavy atom. The molecule has 4 nitrogen and oxygen atoms in total. The van der Waals surface area contributed by atoms with E-state index in [-0.39, 0.29) is 5.75 Å². The molecule has 0 aliphatic carbocycles. The first-order valence-corrected chi connectivity index (χ1v) is 6.45. The second-order valence-electron chi connectivity index (χ2n) is 4.33. The van der Waals surface area contributed by atoms with E-state index in [1.807, 2.05) is 30.3 Å². The summed E-state index contributed by atoms with van der Waals surface area (Å²) >= 11 is 6.10. The Labute approximate surface area is 120 Å². The van der Waals surface area contributed by atoms with Crippen molar-refractivity contribution in [3.05, 3.63) is 65.0 Å². The maximum absolute atomic E-state index is 9.24. The van der Waals surface area contributed by atoms with Crippen molar-refractivity contribution in [2.24, 2.45) is 0 Å². The average molecular weight is 287 g/mol. The van der Waals surface area contributed by atoms with Crippen molar-refractivity contribution < 1.29 is 9.63 Å². The van der Waals surface area contributed by atoms with Crippen LogP contribution in [0, 0.1) is 0 Å². The molecule has 0 amide bonds. The maximum Gasteiger partial charge on any atom is 0.231 e. The molecule has 0 spiro atoms. The molecular weight excluding hydrogens is 276 g/mol. The van der Waals surface area contributed by atoms with E-state index in [2.05, 4.69) is 10.1 Å². The Bertz CT molecular complexity index is 723. The summed E-state index contributed by atoms with van der Waals surface area (Å²) in [5.41, 5.74) is 1.73. The fraction of sp³-hybridized carbons (Fsp3) is 0.0667. The number of hydrogen-bond donors (Lipinski definition) is 1. The quantitative estimate of drug-likeness (QED) is 0.798. The normalized spacial score (nSPS) is 10.7. The number of rotatable bonds is 3. The Hall–Kier alpha value is -2.33. The van der Waals surface area contributed by atoms with Gasteiger partial charge in [0.2, 0.25) is 11.7 Å². The Morgan fingerprint density at radius 1 is 1.05 bits per heavy atom. The molecule has 20 heavy (non-hydrogen) atoms. The van der Waals surface area contributed by atoms with Gasteiger partial charge in [0.05, 0.1) is 11.4 Å². The average Bonchev–Trinajstić information content (AvgIpc) is 2.90. The van der Waals surface area contributed by atoms with Crippen LogP contribution in [-0.4, -0.2) is 15.2 Å². The largest absolute Gasteiger partial charge is 0.508 e. The monoisotopic (exact) mass is 286 g/mol. The molecule has 0 unspecified atom stereocenters. The molecule has 0 aliphatic heterocycles. The number of phenols is 1. The SMILES string of the molecule is Oc1ccc(Cc2nc(-c3ccccc3Cl)no2)cc1. The van der Waals surface area contributed by atoms with Crippen molar-refractivity contribution in [2.75, 3.05) is 0 Å². The fourth-order valence-corrected chi connectivity index (χ4v) is 2.09. The van der Waals surface area contributed by atoms with Crippen LogP contribution in [-0.2, 0) is 6.42 Å². The van der Waals surface area contributed by atoms with Gasteiger partial charge in [-0.15, -0.1) is 0 Å². The van der Waals surface area contributed by atoms with E-state index in [0.717, 1.165) is 11.1 Å². The minimum absolute atomic E-state index is 0.232. The first-order chi connectivity index (χ1) is 9.72. The van der Waals surface area contributed by atoms with Gasteiger partial charge < -0.3 is 9.63 Å². The van der Waals surface area contributed by atoms with Gasteiger partial charge in [0, 0.05) is 5.56 Å². The lowest BCUT2D eigenvalue weighted by molar-refractivity contribution is 0.385. The van der Waals surface area contributed by atoms with Gasteiger partial charge in [-0.2, -0.15) is 4.98 Å². The third kappa shape index (κ3) is 2.65. The minimum atomic E-state index is 0.232. The molecule has 1 aromatic heterocycles. The standard InChI is InChI=1S/C15H11ClN2O2/c16-13-4-2-1-3-12(13)15-17-14(20-18-15)9-10-5-7-11(19)8-6-10/h1-8,19H,9H2. The van der Waals surface area contributed by atoms with Crippen LogP contribution in [0.25, 0.3) is 11.4 Å². The number of halogens is 1. The summed E-state index contributed by atoms with van der Waals surface area (Å²) in [6, 6.07) is 14.2. The molecule has 2 aromatic carbocycles. The van der Waals surface area contributed by atoms with Crippen molar-refractivity contribution in [2.45, 2.75) is 6.42 Å². The predicted molar refractivity (Wildman–Crippen MR) is 75.7 cm³/mol. The first-order valence-electron chi connectivity index (χ1n) is 6.08. The number of nitrogens with zero attached hydrogens (tertiary/aromatic N) is 2. The van der Waals surface area contributed by atoms with Gasteiger partial charge in [-0.05, 0) is 29.8 Å². The van der Waals surface area contributed by atoms with Gasteiger partial charge in [0.25, 0.3) is 0 Å². The molecule has 100 valence electrons. The summed E-state index contributed by atoms with van der Waals surface area (Å²) in [7, 11) is 0. The minimum Gasteiger partial charge on any atom is -0.508 e. The molecule has 5 heteroatoms. The van der Waals surface area contributed by atoms with Crippen LogP contribution in [0.2, 0.25) is 5.02 Å². The highest BCUT2D eigenvalue weighted by molar-refractivity contribution is 6.33. The highest BCUT2D eigenvalue weighted by atomic mass is 35.5. The van der Waals surface area contributed by atoms with E-state index in [9.17, 15) is 5.11 Å². The van der Waals surface area contributed by atoms with Crippen LogP contribution in [0.3, 0.4) is 0 Å². The van der Waals surface area contributed by atoms with E-state index < -0.39 is 0 Å². The molecular formula is C15H11ClN2O2. The number of benzene rings is 2. The number of aromatic nitrogens is 2. The van der Waals surface area contributed by atoms with Crippen LogP contribution in [0.4, 0.5) is 0 Å². The molecule has 0 atom stereocenters. The van der Waals surface area contributed by atoms with Gasteiger partial charge in [0.15, 0.2) is 0 Å². The number of hydrogen-bond acceptors (Lipinski definition) is 4. The van der Waals surface area contributed by atoms with Gasteiger partial charge in [0.1, 0.15) is 5.75 Å². The Balaban J connectivity index is 1.84. The lowest BCUT2D eigenvalue weighted by atomic mass is 10.1. The third-order valence-corrected chi connectivity index (χ3v) is 3.20. The van der Waals surface area contributed by atoms with E-state index in [0.29, 0.717) is 23.2 Å².